The predicted octanol–water partition coefficient (Wildman–Crippen LogP) is 4.10. The number of rotatable bonds is 2. The molecule has 2 nitrogen and oxygen atoms in total. The highest BCUT2D eigenvalue weighted by Gasteiger charge is 2.07. The number of anilines is 1. The molecule has 0 saturated carbocycles. The third kappa shape index (κ3) is 2.94. The zero-order chi connectivity index (χ0) is 12.4. The van der Waals surface area contributed by atoms with E-state index in [1.807, 2.05) is 0 Å². The van der Waals surface area contributed by atoms with Crippen molar-refractivity contribution in [1.29, 1.82) is 0 Å². The van der Waals surface area contributed by atoms with E-state index in [2.05, 4.69) is 15.9 Å². The van der Waals surface area contributed by atoms with Crippen molar-refractivity contribution in [1.82, 2.24) is 0 Å². The summed E-state index contributed by atoms with van der Waals surface area (Å²) in [4.78, 5) is 0. The Morgan fingerprint density at radius 2 is 1.82 bits per heavy atom. The molecule has 0 aliphatic carbocycles. The van der Waals surface area contributed by atoms with E-state index in [9.17, 15) is 8.78 Å². The van der Waals surface area contributed by atoms with E-state index in [1.54, 1.807) is 18.2 Å². The summed E-state index contributed by atoms with van der Waals surface area (Å²) in [7, 11) is 0. The summed E-state index contributed by atoms with van der Waals surface area (Å²) in [5, 5.41) is 0. The van der Waals surface area contributed by atoms with Crippen LogP contribution in [0.1, 0.15) is 0 Å². The van der Waals surface area contributed by atoms with Crippen LogP contribution in [0.25, 0.3) is 0 Å². The summed E-state index contributed by atoms with van der Waals surface area (Å²) in [5.74, 6) is -1.08. The maximum atomic E-state index is 13.3. The van der Waals surface area contributed by atoms with Crippen molar-refractivity contribution < 1.29 is 13.5 Å². The second-order valence-electron chi connectivity index (χ2n) is 3.40. The molecular weight excluding hydrogens is 292 g/mol. The fourth-order valence-corrected chi connectivity index (χ4v) is 1.82. The lowest BCUT2D eigenvalue weighted by molar-refractivity contribution is 0.437. The number of halogens is 3. The first-order chi connectivity index (χ1) is 8.04. The van der Waals surface area contributed by atoms with Gasteiger partial charge in [0.15, 0.2) is 11.6 Å². The third-order valence-corrected chi connectivity index (χ3v) is 2.47. The molecule has 0 amide bonds. The van der Waals surface area contributed by atoms with Gasteiger partial charge in [0, 0.05) is 22.3 Å². The van der Waals surface area contributed by atoms with Crippen molar-refractivity contribution in [2.75, 3.05) is 5.73 Å². The maximum absolute atomic E-state index is 13.3. The minimum absolute atomic E-state index is 0.0519. The minimum atomic E-state index is -0.761. The highest BCUT2D eigenvalue weighted by Crippen LogP contribution is 2.29. The summed E-state index contributed by atoms with van der Waals surface area (Å²) in [6.07, 6.45) is 0. The Balaban J connectivity index is 2.31. The summed E-state index contributed by atoms with van der Waals surface area (Å²) in [6.45, 7) is 0. The van der Waals surface area contributed by atoms with E-state index < -0.39 is 11.6 Å². The van der Waals surface area contributed by atoms with E-state index in [-0.39, 0.29) is 5.75 Å². The van der Waals surface area contributed by atoms with Crippen LogP contribution in [0.5, 0.6) is 11.5 Å². The SMILES string of the molecule is Nc1cc(Br)cc(Oc2ccc(F)cc2F)c1. The quantitative estimate of drug-likeness (QED) is 0.847. The Bertz CT molecular complexity index is 540. The molecule has 0 saturated heterocycles. The van der Waals surface area contributed by atoms with Crippen LogP contribution in [0.2, 0.25) is 0 Å². The van der Waals surface area contributed by atoms with Gasteiger partial charge in [-0.15, -0.1) is 0 Å². The van der Waals surface area contributed by atoms with Gasteiger partial charge in [-0.1, -0.05) is 15.9 Å². The molecule has 0 radical (unpaired) electrons. The number of nitrogen functional groups attached to an aromatic ring is 1. The average Bonchev–Trinajstić information content (AvgIpc) is 2.21. The molecule has 0 aliphatic heterocycles. The number of benzene rings is 2. The highest BCUT2D eigenvalue weighted by molar-refractivity contribution is 9.10. The molecule has 0 bridgehead atoms. The smallest absolute Gasteiger partial charge is 0.168 e. The van der Waals surface area contributed by atoms with Gasteiger partial charge in [-0.2, -0.15) is 0 Å². The van der Waals surface area contributed by atoms with Crippen molar-refractivity contribution in [3.8, 4) is 11.5 Å². The molecule has 0 atom stereocenters. The fourth-order valence-electron chi connectivity index (χ4n) is 1.33. The first kappa shape index (κ1) is 11.9. The lowest BCUT2D eigenvalue weighted by Gasteiger charge is -2.08. The monoisotopic (exact) mass is 299 g/mol. The standard InChI is InChI=1S/C12H8BrF2NO/c13-7-3-9(16)6-10(4-7)17-12-2-1-8(14)5-11(12)15/h1-6H,16H2. The Kier molecular flexibility index (Phi) is 3.28. The lowest BCUT2D eigenvalue weighted by atomic mass is 10.3. The molecule has 88 valence electrons. The van der Waals surface area contributed by atoms with Gasteiger partial charge in [-0.05, 0) is 24.3 Å². The minimum Gasteiger partial charge on any atom is -0.454 e. The molecule has 2 aromatic carbocycles. The van der Waals surface area contributed by atoms with Gasteiger partial charge in [-0.25, -0.2) is 8.78 Å². The second-order valence-corrected chi connectivity index (χ2v) is 4.31. The van der Waals surface area contributed by atoms with Gasteiger partial charge in [0.05, 0.1) is 0 Å². The van der Waals surface area contributed by atoms with Crippen molar-refractivity contribution >= 4 is 21.6 Å². The molecule has 0 fully saturated rings. The maximum Gasteiger partial charge on any atom is 0.168 e. The molecule has 0 heterocycles. The van der Waals surface area contributed by atoms with Crippen LogP contribution in [-0.2, 0) is 0 Å². The molecule has 17 heavy (non-hydrogen) atoms. The molecule has 0 unspecified atom stereocenters. The molecule has 0 aromatic heterocycles. The Morgan fingerprint density at radius 3 is 2.47 bits per heavy atom. The summed E-state index contributed by atoms with van der Waals surface area (Å²) in [6, 6.07) is 7.98. The Hall–Kier alpha value is -1.62. The van der Waals surface area contributed by atoms with Gasteiger partial charge in [0.25, 0.3) is 0 Å². The highest BCUT2D eigenvalue weighted by atomic mass is 79.9. The van der Waals surface area contributed by atoms with Crippen molar-refractivity contribution in [3.05, 3.63) is 52.5 Å². The van der Waals surface area contributed by atoms with Gasteiger partial charge >= 0.3 is 0 Å². The van der Waals surface area contributed by atoms with Crippen LogP contribution >= 0.6 is 15.9 Å². The number of hydrogen-bond donors (Lipinski definition) is 1. The van der Waals surface area contributed by atoms with Crippen LogP contribution in [0.4, 0.5) is 14.5 Å². The van der Waals surface area contributed by atoms with Gasteiger partial charge in [0.2, 0.25) is 0 Å². The second kappa shape index (κ2) is 4.71. The number of hydrogen-bond acceptors (Lipinski definition) is 2. The molecule has 2 rings (SSSR count). The first-order valence-electron chi connectivity index (χ1n) is 4.73. The largest absolute Gasteiger partial charge is 0.454 e. The van der Waals surface area contributed by atoms with Gasteiger partial charge in [0.1, 0.15) is 11.6 Å². The molecule has 0 aliphatic rings. The zero-order valence-corrected chi connectivity index (χ0v) is 10.2. The number of ether oxygens (including phenoxy) is 1. The predicted molar refractivity (Wildman–Crippen MR) is 65.0 cm³/mol. The van der Waals surface area contributed by atoms with Crippen molar-refractivity contribution in [2.24, 2.45) is 0 Å². The normalized spacial score (nSPS) is 10.3. The lowest BCUT2D eigenvalue weighted by Crippen LogP contribution is -1.91. The molecular formula is C12H8BrF2NO. The average molecular weight is 300 g/mol. The van der Waals surface area contributed by atoms with Crippen LogP contribution in [0, 0.1) is 11.6 Å². The molecule has 2 N–H and O–H groups in total. The summed E-state index contributed by atoms with van der Waals surface area (Å²) < 4.78 is 32.0. The van der Waals surface area contributed by atoms with Crippen LogP contribution in [0.3, 0.4) is 0 Å². The number of nitrogens with two attached hydrogens (primary N) is 1. The molecule has 2 aromatic rings. The van der Waals surface area contributed by atoms with E-state index in [0.717, 1.165) is 16.6 Å². The third-order valence-electron chi connectivity index (χ3n) is 2.02. The van der Waals surface area contributed by atoms with Gasteiger partial charge in [-0.3, -0.25) is 0 Å². The van der Waals surface area contributed by atoms with Gasteiger partial charge < -0.3 is 10.5 Å². The fraction of sp³-hybridized carbons (Fsp3) is 0. The molecule has 5 heteroatoms. The summed E-state index contributed by atoms with van der Waals surface area (Å²) in [5.41, 5.74) is 6.09. The Labute approximate surface area is 105 Å². The zero-order valence-electron chi connectivity index (χ0n) is 8.58. The van der Waals surface area contributed by atoms with E-state index in [4.69, 9.17) is 10.5 Å². The van der Waals surface area contributed by atoms with Crippen molar-refractivity contribution in [3.63, 3.8) is 0 Å². The van der Waals surface area contributed by atoms with Crippen LogP contribution < -0.4 is 10.5 Å². The van der Waals surface area contributed by atoms with Crippen LogP contribution in [-0.4, -0.2) is 0 Å². The molecule has 0 spiro atoms. The van der Waals surface area contributed by atoms with Crippen LogP contribution in [0.15, 0.2) is 40.9 Å². The van der Waals surface area contributed by atoms with E-state index in [1.165, 1.54) is 6.07 Å². The van der Waals surface area contributed by atoms with Crippen molar-refractivity contribution in [2.45, 2.75) is 0 Å². The van der Waals surface area contributed by atoms with E-state index >= 15 is 0 Å². The summed E-state index contributed by atoms with van der Waals surface area (Å²) >= 11 is 3.24. The topological polar surface area (TPSA) is 35.2 Å². The van der Waals surface area contributed by atoms with E-state index in [0.29, 0.717) is 11.4 Å². The Morgan fingerprint density at radius 1 is 1.06 bits per heavy atom. The first-order valence-corrected chi connectivity index (χ1v) is 5.53.